The summed E-state index contributed by atoms with van der Waals surface area (Å²) in [6.45, 7) is 2.58. The van der Waals surface area contributed by atoms with Gasteiger partial charge in [-0.1, -0.05) is 31.2 Å². The first-order valence-electron chi connectivity index (χ1n) is 6.44. The molecule has 0 saturated carbocycles. The fourth-order valence-corrected chi connectivity index (χ4v) is 2.40. The summed E-state index contributed by atoms with van der Waals surface area (Å²) in [6, 6.07) is 7.43. The van der Waals surface area contributed by atoms with Crippen LogP contribution in [0.1, 0.15) is 24.5 Å². The van der Waals surface area contributed by atoms with E-state index in [0.717, 1.165) is 12.0 Å². The zero-order chi connectivity index (χ0) is 14.3. The van der Waals surface area contributed by atoms with E-state index in [9.17, 15) is 9.00 Å². The van der Waals surface area contributed by atoms with Gasteiger partial charge in [0.25, 0.3) is 0 Å². The number of carbonyl (C=O) groups is 1. The molecule has 0 saturated heterocycles. The number of aryl methyl sites for hydroxylation is 1. The normalized spacial score (nSPS) is 13.8. The standard InChI is InChI=1S/C14H22N2O2S/c1-3-11-6-4-5-7-12(11)10-16-14(17)13(15)8-9-19(2)18/h4-7,13H,3,8-10,15H2,1-2H3,(H,16,17). The van der Waals surface area contributed by atoms with Crippen LogP contribution in [-0.4, -0.2) is 28.2 Å². The van der Waals surface area contributed by atoms with Crippen LogP contribution < -0.4 is 11.1 Å². The van der Waals surface area contributed by atoms with Gasteiger partial charge in [-0.2, -0.15) is 0 Å². The van der Waals surface area contributed by atoms with Gasteiger partial charge >= 0.3 is 0 Å². The summed E-state index contributed by atoms with van der Waals surface area (Å²) in [5.74, 6) is 0.275. The second-order valence-electron chi connectivity index (χ2n) is 4.51. The maximum absolute atomic E-state index is 11.8. The van der Waals surface area contributed by atoms with Gasteiger partial charge in [0.05, 0.1) is 6.04 Å². The van der Waals surface area contributed by atoms with Crippen LogP contribution >= 0.6 is 0 Å². The fraction of sp³-hybridized carbons (Fsp3) is 0.500. The monoisotopic (exact) mass is 282 g/mol. The zero-order valence-corrected chi connectivity index (χ0v) is 12.3. The largest absolute Gasteiger partial charge is 0.351 e. The third-order valence-electron chi connectivity index (χ3n) is 3.01. The lowest BCUT2D eigenvalue weighted by Gasteiger charge is -2.13. The minimum atomic E-state index is -0.908. The summed E-state index contributed by atoms with van der Waals surface area (Å²) < 4.78 is 11.0. The first-order valence-corrected chi connectivity index (χ1v) is 8.17. The molecule has 1 aromatic rings. The molecule has 0 aliphatic rings. The van der Waals surface area contributed by atoms with Crippen molar-refractivity contribution < 1.29 is 9.00 Å². The maximum Gasteiger partial charge on any atom is 0.237 e. The summed E-state index contributed by atoms with van der Waals surface area (Å²) in [7, 11) is -0.908. The van der Waals surface area contributed by atoms with Crippen molar-refractivity contribution in [2.75, 3.05) is 12.0 Å². The van der Waals surface area contributed by atoms with E-state index in [2.05, 4.69) is 18.3 Å². The molecule has 0 fully saturated rings. The topological polar surface area (TPSA) is 72.2 Å². The molecule has 0 heterocycles. The van der Waals surface area contributed by atoms with Gasteiger partial charge in [-0.25, -0.2) is 0 Å². The molecular formula is C14H22N2O2S. The van der Waals surface area contributed by atoms with E-state index in [1.165, 1.54) is 5.56 Å². The Balaban J connectivity index is 2.47. The molecule has 1 amide bonds. The molecule has 19 heavy (non-hydrogen) atoms. The lowest BCUT2D eigenvalue weighted by Crippen LogP contribution is -2.41. The fourth-order valence-electron chi connectivity index (χ4n) is 1.81. The van der Waals surface area contributed by atoms with E-state index in [4.69, 9.17) is 5.73 Å². The number of rotatable bonds is 7. The second-order valence-corrected chi connectivity index (χ2v) is 6.07. The second kappa shape index (κ2) is 8.07. The quantitative estimate of drug-likeness (QED) is 0.782. The molecule has 0 spiro atoms. The van der Waals surface area contributed by atoms with Crippen LogP contribution in [0.5, 0.6) is 0 Å². The smallest absolute Gasteiger partial charge is 0.237 e. The van der Waals surface area contributed by atoms with Crippen molar-refractivity contribution in [2.45, 2.75) is 32.4 Å². The van der Waals surface area contributed by atoms with Crippen LogP contribution in [0.25, 0.3) is 0 Å². The van der Waals surface area contributed by atoms with Crippen molar-refractivity contribution >= 4 is 16.7 Å². The van der Waals surface area contributed by atoms with E-state index in [1.54, 1.807) is 6.26 Å². The Bertz CT molecular complexity index is 449. The molecular weight excluding hydrogens is 260 g/mol. The molecule has 2 atom stereocenters. The molecule has 3 N–H and O–H groups in total. The van der Waals surface area contributed by atoms with Crippen LogP contribution in [0.4, 0.5) is 0 Å². The number of hydrogen-bond donors (Lipinski definition) is 2. The van der Waals surface area contributed by atoms with E-state index in [1.807, 2.05) is 18.2 Å². The van der Waals surface area contributed by atoms with Crippen molar-refractivity contribution in [3.63, 3.8) is 0 Å². The molecule has 5 heteroatoms. The van der Waals surface area contributed by atoms with Crippen molar-refractivity contribution in [1.29, 1.82) is 0 Å². The minimum Gasteiger partial charge on any atom is -0.351 e. The molecule has 1 aromatic carbocycles. The van der Waals surface area contributed by atoms with Gasteiger partial charge < -0.3 is 11.1 Å². The molecule has 0 radical (unpaired) electrons. The molecule has 0 bridgehead atoms. The van der Waals surface area contributed by atoms with Crippen LogP contribution in [0.2, 0.25) is 0 Å². The molecule has 2 unspecified atom stereocenters. The van der Waals surface area contributed by atoms with E-state index in [0.29, 0.717) is 18.7 Å². The lowest BCUT2D eigenvalue weighted by atomic mass is 10.1. The Morgan fingerprint density at radius 2 is 2.00 bits per heavy atom. The summed E-state index contributed by atoms with van der Waals surface area (Å²) in [5, 5.41) is 2.83. The number of nitrogens with one attached hydrogen (secondary N) is 1. The van der Waals surface area contributed by atoms with Crippen molar-refractivity contribution in [2.24, 2.45) is 5.73 Å². The average molecular weight is 282 g/mol. The molecule has 0 aliphatic heterocycles. The highest BCUT2D eigenvalue weighted by Gasteiger charge is 2.13. The zero-order valence-electron chi connectivity index (χ0n) is 11.5. The van der Waals surface area contributed by atoms with Gasteiger partial charge in [0.15, 0.2) is 0 Å². The number of nitrogens with two attached hydrogens (primary N) is 1. The van der Waals surface area contributed by atoms with Crippen molar-refractivity contribution in [3.8, 4) is 0 Å². The molecule has 0 aromatic heterocycles. The van der Waals surface area contributed by atoms with E-state index >= 15 is 0 Å². The Hall–Kier alpha value is -1.20. The highest BCUT2D eigenvalue weighted by Crippen LogP contribution is 2.09. The molecule has 1 rings (SSSR count). The predicted molar refractivity (Wildman–Crippen MR) is 79.2 cm³/mol. The Morgan fingerprint density at radius 1 is 1.37 bits per heavy atom. The number of carbonyl (C=O) groups excluding carboxylic acids is 1. The summed E-state index contributed by atoms with van der Waals surface area (Å²) in [6.07, 6.45) is 3.00. The van der Waals surface area contributed by atoms with Crippen molar-refractivity contribution in [3.05, 3.63) is 35.4 Å². The average Bonchev–Trinajstić information content (AvgIpc) is 2.42. The Morgan fingerprint density at radius 3 is 2.58 bits per heavy atom. The van der Waals surface area contributed by atoms with Crippen LogP contribution in [-0.2, 0) is 28.6 Å². The third kappa shape index (κ3) is 5.53. The molecule has 0 aliphatic carbocycles. The summed E-state index contributed by atoms with van der Waals surface area (Å²) in [4.78, 5) is 11.8. The van der Waals surface area contributed by atoms with Gasteiger partial charge in [0, 0.05) is 29.4 Å². The maximum atomic E-state index is 11.8. The first kappa shape index (κ1) is 15.9. The van der Waals surface area contributed by atoms with Gasteiger partial charge in [-0.15, -0.1) is 0 Å². The van der Waals surface area contributed by atoms with Crippen LogP contribution in [0.15, 0.2) is 24.3 Å². The van der Waals surface area contributed by atoms with E-state index < -0.39 is 16.8 Å². The number of amides is 1. The summed E-state index contributed by atoms with van der Waals surface area (Å²) >= 11 is 0. The van der Waals surface area contributed by atoms with Gasteiger partial charge in [0.2, 0.25) is 5.91 Å². The van der Waals surface area contributed by atoms with Crippen molar-refractivity contribution in [1.82, 2.24) is 5.32 Å². The van der Waals surface area contributed by atoms with Gasteiger partial charge in [-0.05, 0) is 24.0 Å². The number of hydrogen-bond acceptors (Lipinski definition) is 3. The highest BCUT2D eigenvalue weighted by molar-refractivity contribution is 7.84. The van der Waals surface area contributed by atoms with E-state index in [-0.39, 0.29) is 5.91 Å². The lowest BCUT2D eigenvalue weighted by molar-refractivity contribution is -0.122. The number of benzene rings is 1. The van der Waals surface area contributed by atoms with Gasteiger partial charge in [-0.3, -0.25) is 9.00 Å². The van der Waals surface area contributed by atoms with Gasteiger partial charge in [0.1, 0.15) is 0 Å². The SMILES string of the molecule is CCc1ccccc1CNC(=O)C(N)CCS(C)=O. The molecule has 4 nitrogen and oxygen atoms in total. The van der Waals surface area contributed by atoms with Crippen LogP contribution in [0, 0.1) is 0 Å². The van der Waals surface area contributed by atoms with Crippen LogP contribution in [0.3, 0.4) is 0 Å². The first-order chi connectivity index (χ1) is 9.04. The highest BCUT2D eigenvalue weighted by atomic mass is 32.2. The summed E-state index contributed by atoms with van der Waals surface area (Å²) in [5.41, 5.74) is 8.10. The minimum absolute atomic E-state index is 0.184. The Kier molecular flexibility index (Phi) is 6.73. The Labute approximate surface area is 117 Å². The third-order valence-corrected chi connectivity index (χ3v) is 3.82. The molecule has 106 valence electrons. The predicted octanol–water partition coefficient (Wildman–Crippen LogP) is 0.961.